The molecule has 65 heavy (non-hydrogen) atoms. The zero-order chi connectivity index (χ0) is 44.8. The van der Waals surface area contributed by atoms with Gasteiger partial charge in [-0.3, -0.25) is 4.79 Å². The van der Waals surface area contributed by atoms with Gasteiger partial charge in [-0.05, 0) is 134 Å². The summed E-state index contributed by atoms with van der Waals surface area (Å²) in [5, 5.41) is 27.4. The van der Waals surface area contributed by atoms with E-state index in [4.69, 9.17) is 28.9 Å². The first-order chi connectivity index (χ1) is 31.9. The van der Waals surface area contributed by atoms with Crippen molar-refractivity contribution in [3.05, 3.63) is 120 Å². The van der Waals surface area contributed by atoms with Crippen molar-refractivity contribution >= 4 is 34.2 Å². The van der Waals surface area contributed by atoms with E-state index in [1.54, 1.807) is 17.8 Å². The number of oxime groups is 1. The Balaban J connectivity index is 1.24. The number of unbranched alkanes of at least 4 members (excludes halogenated alkanes) is 2. The van der Waals surface area contributed by atoms with Gasteiger partial charge in [-0.2, -0.15) is 0 Å². The Morgan fingerprint density at radius 2 is 1.72 bits per heavy atom. The minimum atomic E-state index is -1.35. The highest BCUT2D eigenvalue weighted by Crippen LogP contribution is 2.62. The van der Waals surface area contributed by atoms with Gasteiger partial charge in [-0.25, -0.2) is 0 Å². The van der Waals surface area contributed by atoms with E-state index >= 15 is 4.79 Å². The zero-order valence-electron chi connectivity index (χ0n) is 37.7. The highest BCUT2D eigenvalue weighted by atomic mass is 32.2. The molecule has 0 radical (unpaired) electrons. The third kappa shape index (κ3) is 9.77. The van der Waals surface area contributed by atoms with Gasteiger partial charge >= 0.3 is 0 Å². The molecule has 2 aliphatic heterocycles. The molecular formula is C54H64N2O8S. The Morgan fingerprint density at radius 3 is 2.48 bits per heavy atom. The Morgan fingerprint density at radius 1 is 0.938 bits per heavy atom. The zero-order valence-corrected chi connectivity index (χ0v) is 38.5. The third-order valence-corrected chi connectivity index (χ3v) is 14.9. The topological polar surface area (TPSA) is 119 Å². The van der Waals surface area contributed by atoms with Crippen molar-refractivity contribution in [2.24, 2.45) is 28.8 Å². The molecule has 11 heteroatoms. The van der Waals surface area contributed by atoms with Crippen LogP contribution in [0.5, 0.6) is 17.2 Å². The quantitative estimate of drug-likeness (QED) is 0.0387. The Labute approximate surface area is 388 Å². The van der Waals surface area contributed by atoms with Gasteiger partial charge in [0.2, 0.25) is 18.0 Å². The minimum Gasteiger partial charge on any atom is -0.459 e. The van der Waals surface area contributed by atoms with Gasteiger partial charge in [-0.1, -0.05) is 72.6 Å². The fraction of sp³-hybridized carbons (Fsp3) is 0.481. The molecule has 1 saturated heterocycles. The predicted octanol–water partition coefficient (Wildman–Crippen LogP) is 11.0. The number of ether oxygens (including phenoxy) is 4. The molecule has 0 spiro atoms. The van der Waals surface area contributed by atoms with E-state index in [9.17, 15) is 10.2 Å². The number of aliphatic hydroxyl groups excluding tert-OH is 2. The van der Waals surface area contributed by atoms with E-state index < -0.39 is 24.0 Å². The summed E-state index contributed by atoms with van der Waals surface area (Å²) in [5.74, 6) is 0.397. The fourth-order valence-electron chi connectivity index (χ4n) is 10.9. The van der Waals surface area contributed by atoms with E-state index in [1.165, 1.54) is 0 Å². The first kappa shape index (κ1) is 45.5. The van der Waals surface area contributed by atoms with Crippen molar-refractivity contribution in [2.45, 2.75) is 113 Å². The minimum absolute atomic E-state index is 0.0875. The van der Waals surface area contributed by atoms with Gasteiger partial charge in [0.05, 0.1) is 24.8 Å². The maximum atomic E-state index is 15.2. The lowest BCUT2D eigenvalue weighted by Crippen LogP contribution is -2.70. The Bertz CT molecular complexity index is 2340. The number of hydrogen-bond donors (Lipinski definition) is 2. The van der Waals surface area contributed by atoms with E-state index in [-0.39, 0.29) is 49.4 Å². The van der Waals surface area contributed by atoms with Crippen LogP contribution in [-0.2, 0) is 25.7 Å². The van der Waals surface area contributed by atoms with Crippen molar-refractivity contribution in [3.8, 4) is 17.2 Å². The molecule has 2 saturated carbocycles. The first-order valence-corrected chi connectivity index (χ1v) is 25.1. The number of carbonyl (C=O) groups excluding carboxylic acids is 1. The van der Waals surface area contributed by atoms with Crippen LogP contribution in [0.3, 0.4) is 0 Å². The van der Waals surface area contributed by atoms with E-state index in [0.29, 0.717) is 43.9 Å². The second kappa shape index (κ2) is 20.9. The molecule has 2 heterocycles. The standard InChI is InChI=1S/C54H64N2O8S/c1-3-30-61-54-49(56(53(59)37-20-21-37)35-39-16-12-15-36-13-4-5-17-43(36)39)34-47(55-64-50-19-8-11-31-60-50)45-32-38(14-6-9-28-57)44(18-7-10-29-58)51(52(45)54)46-33-41(24-27-48(46)63-54)62-40-22-25-42(65-2)26-23-40/h3-5,12-13,15-17,22-27,32-33,37-38,44,49-52,57-58H,1,6-11,14,18-21,28-31,34-35H2,2H3/t38-,44+,49-,50?,51+,52+,54+/m0/s1. The SMILES string of the molecule is C=CCO[C@@]12Oc3ccc(Oc4ccc(SC)cc4)cc3[C@H]3[C@H](CCCCO)[C@@H](CCCCO)C=C(C(=NOC4CCCCO4)C[C@@H]1N(Cc1cccc4ccccc14)C(=O)C1CC1)[C@H]32. The maximum absolute atomic E-state index is 15.2. The number of fused-ring (bicyclic) bond motifs is 3. The van der Waals surface area contributed by atoms with Gasteiger partial charge in [0.1, 0.15) is 23.3 Å². The molecule has 4 aromatic carbocycles. The lowest BCUT2D eigenvalue weighted by atomic mass is 9.55. The molecule has 3 fully saturated rings. The van der Waals surface area contributed by atoms with Crippen LogP contribution >= 0.6 is 11.8 Å². The van der Waals surface area contributed by atoms with Crippen LogP contribution < -0.4 is 9.47 Å². The van der Waals surface area contributed by atoms with Gasteiger partial charge < -0.3 is 38.9 Å². The average molecular weight is 901 g/mol. The first-order valence-electron chi connectivity index (χ1n) is 23.9. The summed E-state index contributed by atoms with van der Waals surface area (Å²) in [7, 11) is 0. The van der Waals surface area contributed by atoms with Crippen molar-refractivity contribution in [1.29, 1.82) is 0 Å². The third-order valence-electron chi connectivity index (χ3n) is 14.2. The number of thioether (sulfide) groups is 1. The van der Waals surface area contributed by atoms with Gasteiger partial charge in [0.15, 0.2) is 0 Å². The molecule has 3 aliphatic carbocycles. The highest BCUT2D eigenvalue weighted by molar-refractivity contribution is 7.98. The molecule has 9 rings (SSSR count). The summed E-state index contributed by atoms with van der Waals surface area (Å²) < 4.78 is 27.5. The summed E-state index contributed by atoms with van der Waals surface area (Å²) in [6.07, 6.45) is 15.3. The van der Waals surface area contributed by atoms with E-state index in [1.807, 2.05) is 30.3 Å². The van der Waals surface area contributed by atoms with E-state index in [2.05, 4.69) is 78.4 Å². The number of amides is 1. The molecule has 0 aromatic heterocycles. The average Bonchev–Trinajstić information content (AvgIpc) is 4.20. The van der Waals surface area contributed by atoms with Crippen LogP contribution in [0.2, 0.25) is 0 Å². The highest BCUT2D eigenvalue weighted by Gasteiger charge is 2.66. The summed E-state index contributed by atoms with van der Waals surface area (Å²) >= 11 is 1.69. The lowest BCUT2D eigenvalue weighted by Gasteiger charge is -2.60. The number of hydrogen-bond acceptors (Lipinski definition) is 10. The van der Waals surface area contributed by atoms with Crippen LogP contribution in [0.4, 0.5) is 0 Å². The molecule has 1 unspecified atom stereocenters. The van der Waals surface area contributed by atoms with Gasteiger partial charge in [-0.15, -0.1) is 18.3 Å². The van der Waals surface area contributed by atoms with Crippen molar-refractivity contribution in [2.75, 3.05) is 32.7 Å². The number of aliphatic hydroxyl groups is 2. The molecule has 4 aromatic rings. The number of nitrogens with zero attached hydrogens (tertiary/aromatic N) is 2. The Hall–Kier alpha value is -4.65. The van der Waals surface area contributed by atoms with Crippen LogP contribution in [0, 0.1) is 23.7 Å². The molecule has 1 amide bonds. The summed E-state index contributed by atoms with van der Waals surface area (Å²) in [6.45, 7) is 5.55. The van der Waals surface area contributed by atoms with Gasteiger partial charge in [0, 0.05) is 54.9 Å². The molecule has 0 bridgehead atoms. The summed E-state index contributed by atoms with van der Waals surface area (Å²) in [5.41, 5.74) is 3.85. The Kier molecular flexibility index (Phi) is 14.6. The predicted molar refractivity (Wildman–Crippen MR) is 255 cm³/mol. The van der Waals surface area contributed by atoms with Crippen LogP contribution in [0.1, 0.15) is 94.1 Å². The van der Waals surface area contributed by atoms with Crippen molar-refractivity contribution < 1.29 is 38.8 Å². The second-order valence-electron chi connectivity index (χ2n) is 18.3. The largest absolute Gasteiger partial charge is 0.459 e. The van der Waals surface area contributed by atoms with Crippen LogP contribution in [0.25, 0.3) is 10.8 Å². The summed E-state index contributed by atoms with van der Waals surface area (Å²) in [6, 6.07) is 28.3. The maximum Gasteiger partial charge on any atom is 0.239 e. The van der Waals surface area contributed by atoms with Crippen LogP contribution in [0.15, 0.2) is 119 Å². The van der Waals surface area contributed by atoms with E-state index in [0.717, 1.165) is 102 Å². The summed E-state index contributed by atoms with van der Waals surface area (Å²) in [4.78, 5) is 24.8. The van der Waals surface area contributed by atoms with Crippen molar-refractivity contribution in [1.82, 2.24) is 4.90 Å². The molecule has 344 valence electrons. The molecule has 2 N–H and O–H groups in total. The van der Waals surface area contributed by atoms with Crippen LogP contribution in [-0.4, -0.2) is 77.5 Å². The monoisotopic (exact) mass is 900 g/mol. The second-order valence-corrected chi connectivity index (χ2v) is 19.2. The normalized spacial score (nSPS) is 26.4. The molecular weight excluding hydrogens is 837 g/mol. The number of carbonyl (C=O) groups is 1. The van der Waals surface area contributed by atoms with Crippen molar-refractivity contribution in [3.63, 3.8) is 0 Å². The number of rotatable bonds is 20. The molecule has 10 nitrogen and oxygen atoms in total. The lowest BCUT2D eigenvalue weighted by molar-refractivity contribution is -0.258. The molecule has 7 atom stereocenters. The van der Waals surface area contributed by atoms with Gasteiger partial charge in [0.25, 0.3) is 0 Å². The molecule has 5 aliphatic rings. The number of benzene rings is 4. The number of allylic oxidation sites excluding steroid dienone is 1. The fourth-order valence-corrected chi connectivity index (χ4v) is 11.3. The smallest absolute Gasteiger partial charge is 0.239 e.